The molecule has 0 aliphatic rings. The van der Waals surface area contributed by atoms with E-state index in [1.807, 2.05) is 6.07 Å². The maximum atomic E-state index is 9.99. The zero-order valence-electron chi connectivity index (χ0n) is 7.58. The molecule has 0 N–H and O–H groups in total. The molecule has 0 aliphatic heterocycles. The predicted octanol–water partition coefficient (Wildman–Crippen LogP) is -1.86. The monoisotopic (exact) mass is 222 g/mol. The maximum absolute atomic E-state index is 9.99. The van der Waals surface area contributed by atoms with Crippen LogP contribution in [0.3, 0.4) is 0 Å². The Bertz CT molecular complexity index is 385. The first-order valence-electron chi connectivity index (χ1n) is 3.44. The summed E-state index contributed by atoms with van der Waals surface area (Å²) in [5, 5.41) is 0. The van der Waals surface area contributed by atoms with Gasteiger partial charge in [0.25, 0.3) is 10.4 Å². The van der Waals surface area contributed by atoms with E-state index in [9.17, 15) is 13.0 Å². The Balaban J connectivity index is 0.00000169. The van der Waals surface area contributed by atoms with E-state index in [1.54, 1.807) is 24.3 Å². The molecule has 1 rings (SSSR count). The summed E-state index contributed by atoms with van der Waals surface area (Å²) in [5.74, 6) is 0. The van der Waals surface area contributed by atoms with Crippen molar-refractivity contribution in [2.24, 2.45) is 0 Å². The molecule has 0 amide bonds. The zero-order valence-corrected chi connectivity index (χ0v) is 10.4. The molecule has 0 unspecified atom stereocenters. The molecule has 0 fully saturated rings. The van der Waals surface area contributed by atoms with Gasteiger partial charge >= 0.3 is 29.6 Å². The molecule has 1 aromatic rings. The summed E-state index contributed by atoms with van der Waals surface area (Å²) in [5.41, 5.74) is 0.756. The van der Waals surface area contributed by atoms with Gasteiger partial charge in [0.2, 0.25) is 0 Å². The standard InChI is InChI=1S/C8H8O4S.Na/c9-13(10,11)12-7-6-8-4-2-1-3-5-8;/h1-7H,(H,9,10,11);/q;+1/p-1. The average Bonchev–Trinajstić information content (AvgIpc) is 2.04. The second-order valence-electron chi connectivity index (χ2n) is 2.22. The number of hydrogen-bond donors (Lipinski definition) is 0. The van der Waals surface area contributed by atoms with Crippen LogP contribution < -0.4 is 29.6 Å². The van der Waals surface area contributed by atoms with Crippen LogP contribution in [0.15, 0.2) is 36.6 Å². The quantitative estimate of drug-likeness (QED) is 0.260. The summed E-state index contributed by atoms with van der Waals surface area (Å²) in [4.78, 5) is 0. The molecule has 0 heterocycles. The van der Waals surface area contributed by atoms with Gasteiger partial charge in [-0.25, -0.2) is 8.42 Å². The van der Waals surface area contributed by atoms with Crippen LogP contribution in [0, 0.1) is 0 Å². The van der Waals surface area contributed by atoms with Crippen molar-refractivity contribution in [2.75, 3.05) is 0 Å². The largest absolute Gasteiger partial charge is 1.00 e. The number of rotatable bonds is 3. The van der Waals surface area contributed by atoms with Crippen molar-refractivity contribution in [2.45, 2.75) is 0 Å². The molecule has 14 heavy (non-hydrogen) atoms. The summed E-state index contributed by atoms with van der Waals surface area (Å²) in [7, 11) is -4.63. The first kappa shape index (κ1) is 13.7. The fraction of sp³-hybridized carbons (Fsp3) is 0. The third-order valence-electron chi connectivity index (χ3n) is 1.23. The van der Waals surface area contributed by atoms with Gasteiger partial charge in [0.05, 0.1) is 0 Å². The number of hydrogen-bond acceptors (Lipinski definition) is 4. The van der Waals surface area contributed by atoms with Crippen molar-refractivity contribution >= 4 is 16.5 Å². The van der Waals surface area contributed by atoms with Crippen LogP contribution in [-0.4, -0.2) is 13.0 Å². The third kappa shape index (κ3) is 6.17. The van der Waals surface area contributed by atoms with Crippen molar-refractivity contribution in [1.29, 1.82) is 0 Å². The molecule has 1 aromatic carbocycles. The minimum Gasteiger partial charge on any atom is -0.716 e. The van der Waals surface area contributed by atoms with Crippen LogP contribution in [0.1, 0.15) is 5.56 Å². The molecule has 6 heteroatoms. The Kier molecular flexibility index (Phi) is 6.06. The van der Waals surface area contributed by atoms with E-state index in [4.69, 9.17) is 0 Å². The van der Waals surface area contributed by atoms with Crippen molar-refractivity contribution in [3.63, 3.8) is 0 Å². The molecule has 70 valence electrons. The zero-order chi connectivity index (χ0) is 9.73. The minimum absolute atomic E-state index is 0. The van der Waals surface area contributed by atoms with Crippen LogP contribution in [0.2, 0.25) is 0 Å². The first-order chi connectivity index (χ1) is 6.08. The fourth-order valence-corrected chi connectivity index (χ4v) is 0.930. The molecule has 0 radical (unpaired) electrons. The molecule has 0 saturated heterocycles. The second kappa shape index (κ2) is 6.21. The van der Waals surface area contributed by atoms with Gasteiger partial charge in [-0.1, -0.05) is 30.3 Å². The van der Waals surface area contributed by atoms with Gasteiger partial charge in [0, 0.05) is 0 Å². The summed E-state index contributed by atoms with van der Waals surface area (Å²) >= 11 is 0. The number of benzene rings is 1. The molecule has 0 atom stereocenters. The Labute approximate surface area is 105 Å². The maximum Gasteiger partial charge on any atom is 1.00 e. The molecular weight excluding hydrogens is 215 g/mol. The van der Waals surface area contributed by atoms with Crippen LogP contribution in [0.4, 0.5) is 0 Å². The van der Waals surface area contributed by atoms with Crippen LogP contribution >= 0.6 is 0 Å². The van der Waals surface area contributed by atoms with Crippen molar-refractivity contribution in [3.05, 3.63) is 42.2 Å². The summed E-state index contributed by atoms with van der Waals surface area (Å²) in [6.07, 6.45) is 2.23. The van der Waals surface area contributed by atoms with E-state index in [-0.39, 0.29) is 29.6 Å². The topological polar surface area (TPSA) is 66.4 Å². The van der Waals surface area contributed by atoms with Crippen molar-refractivity contribution in [1.82, 2.24) is 0 Å². The normalized spacial score (nSPS) is 10.9. The van der Waals surface area contributed by atoms with Crippen LogP contribution in [0.5, 0.6) is 0 Å². The summed E-state index contributed by atoms with van der Waals surface area (Å²) < 4.78 is 33.8. The molecule has 0 saturated carbocycles. The SMILES string of the molecule is O=S(=O)([O-])OC=Cc1ccccc1.[Na+]. The Morgan fingerprint density at radius 3 is 2.29 bits per heavy atom. The van der Waals surface area contributed by atoms with Gasteiger partial charge in [0.15, 0.2) is 0 Å². The van der Waals surface area contributed by atoms with Gasteiger partial charge in [-0.05, 0) is 11.6 Å². The first-order valence-corrected chi connectivity index (χ1v) is 4.77. The van der Waals surface area contributed by atoms with Gasteiger partial charge in [0.1, 0.15) is 6.26 Å². The Hall–Kier alpha value is -0.330. The molecule has 0 bridgehead atoms. The van der Waals surface area contributed by atoms with E-state index in [2.05, 4.69) is 4.18 Å². The van der Waals surface area contributed by atoms with Gasteiger partial charge in [-0.3, -0.25) is 0 Å². The van der Waals surface area contributed by atoms with E-state index < -0.39 is 10.4 Å². The average molecular weight is 222 g/mol. The second-order valence-corrected chi connectivity index (χ2v) is 3.23. The molecule has 4 nitrogen and oxygen atoms in total. The smallest absolute Gasteiger partial charge is 0.716 e. The van der Waals surface area contributed by atoms with E-state index in [1.165, 1.54) is 6.08 Å². The molecular formula is C8H7NaO4S. The Morgan fingerprint density at radius 2 is 1.79 bits per heavy atom. The predicted molar refractivity (Wildman–Crippen MR) is 46.3 cm³/mol. The molecule has 0 aromatic heterocycles. The molecule has 0 aliphatic carbocycles. The van der Waals surface area contributed by atoms with Crippen molar-refractivity contribution in [3.8, 4) is 0 Å². The van der Waals surface area contributed by atoms with Gasteiger partial charge in [-0.2, -0.15) is 0 Å². The summed E-state index contributed by atoms with van der Waals surface area (Å²) in [6.45, 7) is 0. The summed E-state index contributed by atoms with van der Waals surface area (Å²) in [6, 6.07) is 8.88. The van der Waals surface area contributed by atoms with Crippen LogP contribution in [0.25, 0.3) is 6.08 Å². The van der Waals surface area contributed by atoms with E-state index in [0.717, 1.165) is 11.8 Å². The van der Waals surface area contributed by atoms with E-state index >= 15 is 0 Å². The van der Waals surface area contributed by atoms with Gasteiger partial charge < -0.3 is 8.74 Å². The molecule has 0 spiro atoms. The third-order valence-corrected chi connectivity index (χ3v) is 1.58. The van der Waals surface area contributed by atoms with Gasteiger partial charge in [-0.15, -0.1) is 0 Å². The minimum atomic E-state index is -4.63. The fourth-order valence-electron chi connectivity index (χ4n) is 0.739. The van der Waals surface area contributed by atoms with E-state index in [0.29, 0.717) is 0 Å². The van der Waals surface area contributed by atoms with Crippen LogP contribution in [-0.2, 0) is 14.6 Å². The Morgan fingerprint density at radius 1 is 1.21 bits per heavy atom. The van der Waals surface area contributed by atoms with Crippen molar-refractivity contribution < 1.29 is 46.7 Å².